The summed E-state index contributed by atoms with van der Waals surface area (Å²) in [5, 5.41) is 0. The predicted octanol–water partition coefficient (Wildman–Crippen LogP) is 5.07. The summed E-state index contributed by atoms with van der Waals surface area (Å²) in [5.41, 5.74) is 3.24. The van der Waals surface area contributed by atoms with Crippen LogP contribution in [-0.2, 0) is 13.1 Å². The molecule has 160 valence electrons. The highest BCUT2D eigenvalue weighted by Gasteiger charge is 2.18. The Morgan fingerprint density at radius 3 is 2.65 bits per heavy atom. The Labute approximate surface area is 182 Å². The summed E-state index contributed by atoms with van der Waals surface area (Å²) in [6, 6.07) is 19.6. The second-order valence-electron chi connectivity index (χ2n) is 7.68. The highest BCUT2D eigenvalue weighted by atomic mass is 16.5. The third-order valence-corrected chi connectivity index (χ3v) is 5.26. The number of hydrogen-bond acceptors (Lipinski definition) is 4. The lowest BCUT2D eigenvalue weighted by Gasteiger charge is -2.17. The van der Waals surface area contributed by atoms with Crippen LogP contribution in [0.1, 0.15) is 34.8 Å². The fourth-order valence-electron chi connectivity index (χ4n) is 3.56. The molecule has 0 radical (unpaired) electrons. The molecule has 0 bridgehead atoms. The van der Waals surface area contributed by atoms with Crippen molar-refractivity contribution >= 4 is 16.9 Å². The van der Waals surface area contributed by atoms with E-state index in [1.165, 1.54) is 11.8 Å². The molecule has 1 amide bonds. The van der Waals surface area contributed by atoms with Gasteiger partial charge >= 0.3 is 0 Å². The normalized spacial score (nSPS) is 11.0. The van der Waals surface area contributed by atoms with E-state index >= 15 is 0 Å². The number of unbranched alkanes of at least 4 members (excludes halogenated alkanes) is 1. The number of imidazole rings is 1. The zero-order valence-corrected chi connectivity index (χ0v) is 18.0. The highest BCUT2D eigenvalue weighted by molar-refractivity contribution is 5.91. The minimum absolute atomic E-state index is 0.157. The quantitative estimate of drug-likeness (QED) is 0.357. The van der Waals surface area contributed by atoms with E-state index in [2.05, 4.69) is 29.7 Å². The van der Waals surface area contributed by atoms with Gasteiger partial charge in [0.2, 0.25) is 0 Å². The summed E-state index contributed by atoms with van der Waals surface area (Å²) >= 11 is 0. The van der Waals surface area contributed by atoms with Crippen LogP contribution in [0.3, 0.4) is 0 Å². The number of amides is 1. The first-order chi connectivity index (χ1) is 15.1. The molecule has 0 aliphatic heterocycles. The second kappa shape index (κ2) is 9.51. The number of hydrogen-bond donors (Lipinski definition) is 0. The van der Waals surface area contributed by atoms with Crippen LogP contribution in [0.5, 0.6) is 5.75 Å². The van der Waals surface area contributed by atoms with Crippen molar-refractivity contribution in [3.8, 4) is 5.75 Å². The first kappa shape index (κ1) is 20.7. The van der Waals surface area contributed by atoms with E-state index in [1.54, 1.807) is 24.1 Å². The van der Waals surface area contributed by atoms with Crippen LogP contribution in [0, 0.1) is 6.92 Å². The van der Waals surface area contributed by atoms with Crippen LogP contribution in [-0.4, -0.2) is 34.0 Å². The van der Waals surface area contributed by atoms with Gasteiger partial charge in [0.15, 0.2) is 5.76 Å². The molecular formula is C25H27N3O3. The first-order valence-corrected chi connectivity index (χ1v) is 10.5. The van der Waals surface area contributed by atoms with Crippen LogP contribution in [0.15, 0.2) is 71.3 Å². The molecule has 0 spiro atoms. The minimum atomic E-state index is -0.157. The fourth-order valence-corrected chi connectivity index (χ4v) is 3.56. The van der Waals surface area contributed by atoms with E-state index < -0.39 is 0 Å². The lowest BCUT2D eigenvalue weighted by molar-refractivity contribution is 0.0748. The van der Waals surface area contributed by atoms with E-state index in [0.29, 0.717) is 18.9 Å². The molecule has 4 rings (SSSR count). The molecule has 2 aromatic carbocycles. The van der Waals surface area contributed by atoms with Crippen molar-refractivity contribution in [1.82, 2.24) is 14.5 Å². The van der Waals surface area contributed by atoms with Crippen LogP contribution in [0.4, 0.5) is 0 Å². The van der Waals surface area contributed by atoms with Crippen LogP contribution < -0.4 is 4.74 Å². The van der Waals surface area contributed by atoms with Crippen molar-refractivity contribution in [1.29, 1.82) is 0 Å². The molecule has 0 saturated heterocycles. The van der Waals surface area contributed by atoms with Crippen LogP contribution in [0.2, 0.25) is 0 Å². The molecule has 6 heteroatoms. The SMILES string of the molecule is Cc1ccc(OCCCCn2c(CN(C)C(=O)c3ccco3)nc3ccccc32)cc1. The summed E-state index contributed by atoms with van der Waals surface area (Å²) in [6.45, 7) is 3.96. The Bertz CT molecular complexity index is 1130. The van der Waals surface area contributed by atoms with Gasteiger partial charge in [-0.05, 0) is 56.2 Å². The summed E-state index contributed by atoms with van der Waals surface area (Å²) in [6.07, 6.45) is 3.39. The number of benzene rings is 2. The molecular weight excluding hydrogens is 390 g/mol. The monoisotopic (exact) mass is 417 g/mol. The molecule has 0 fully saturated rings. The number of fused-ring (bicyclic) bond motifs is 1. The number of rotatable bonds is 9. The Hall–Kier alpha value is -3.54. The summed E-state index contributed by atoms with van der Waals surface area (Å²) in [5.74, 6) is 1.94. The molecule has 4 aromatic rings. The number of carbonyl (C=O) groups excluding carboxylic acids is 1. The van der Waals surface area contributed by atoms with E-state index in [1.807, 2.05) is 30.3 Å². The Morgan fingerprint density at radius 1 is 1.06 bits per heavy atom. The fraction of sp³-hybridized carbons (Fsp3) is 0.280. The van der Waals surface area contributed by atoms with Crippen molar-refractivity contribution in [2.75, 3.05) is 13.7 Å². The van der Waals surface area contributed by atoms with E-state index in [0.717, 1.165) is 42.0 Å². The maximum absolute atomic E-state index is 12.6. The van der Waals surface area contributed by atoms with Gasteiger partial charge in [-0.25, -0.2) is 4.98 Å². The number of nitrogens with zero attached hydrogens (tertiary/aromatic N) is 3. The van der Waals surface area contributed by atoms with Crippen molar-refractivity contribution in [2.24, 2.45) is 0 Å². The number of carbonyl (C=O) groups is 1. The molecule has 6 nitrogen and oxygen atoms in total. The van der Waals surface area contributed by atoms with E-state index in [-0.39, 0.29) is 5.91 Å². The lowest BCUT2D eigenvalue weighted by Crippen LogP contribution is -2.27. The summed E-state index contributed by atoms with van der Waals surface area (Å²) in [7, 11) is 1.77. The van der Waals surface area contributed by atoms with Gasteiger partial charge in [0, 0.05) is 13.6 Å². The Balaban J connectivity index is 1.40. The molecule has 0 saturated carbocycles. The number of aromatic nitrogens is 2. The molecule has 0 unspecified atom stereocenters. The second-order valence-corrected chi connectivity index (χ2v) is 7.68. The van der Waals surface area contributed by atoms with Gasteiger partial charge in [0.05, 0.1) is 30.4 Å². The van der Waals surface area contributed by atoms with Gasteiger partial charge in [0.25, 0.3) is 5.91 Å². The van der Waals surface area contributed by atoms with E-state index in [9.17, 15) is 4.79 Å². The zero-order chi connectivity index (χ0) is 21.6. The lowest BCUT2D eigenvalue weighted by atomic mass is 10.2. The Kier molecular flexibility index (Phi) is 6.36. The highest BCUT2D eigenvalue weighted by Crippen LogP contribution is 2.19. The average Bonchev–Trinajstić information content (AvgIpc) is 3.43. The van der Waals surface area contributed by atoms with Crippen LogP contribution in [0.25, 0.3) is 11.0 Å². The topological polar surface area (TPSA) is 60.5 Å². The third kappa shape index (κ3) is 4.97. The molecule has 0 atom stereocenters. The number of para-hydroxylation sites is 2. The zero-order valence-electron chi connectivity index (χ0n) is 18.0. The summed E-state index contributed by atoms with van der Waals surface area (Å²) in [4.78, 5) is 19.0. The summed E-state index contributed by atoms with van der Waals surface area (Å²) < 4.78 is 13.3. The van der Waals surface area contributed by atoms with Gasteiger partial charge in [-0.2, -0.15) is 0 Å². The predicted molar refractivity (Wildman–Crippen MR) is 120 cm³/mol. The minimum Gasteiger partial charge on any atom is -0.494 e. The van der Waals surface area contributed by atoms with Crippen LogP contribution >= 0.6 is 0 Å². The maximum atomic E-state index is 12.6. The smallest absolute Gasteiger partial charge is 0.289 e. The van der Waals surface area contributed by atoms with E-state index in [4.69, 9.17) is 14.1 Å². The average molecular weight is 418 g/mol. The number of aryl methyl sites for hydroxylation is 2. The molecule has 0 aliphatic carbocycles. The van der Waals surface area contributed by atoms with Crippen molar-refractivity contribution < 1.29 is 13.9 Å². The largest absolute Gasteiger partial charge is 0.494 e. The number of furan rings is 1. The van der Waals surface area contributed by atoms with Crippen molar-refractivity contribution in [3.05, 3.63) is 84.1 Å². The molecule has 0 aliphatic rings. The molecule has 31 heavy (non-hydrogen) atoms. The molecule has 0 N–H and O–H groups in total. The van der Waals surface area contributed by atoms with Gasteiger partial charge in [-0.1, -0.05) is 29.8 Å². The van der Waals surface area contributed by atoms with Gasteiger partial charge in [-0.3, -0.25) is 4.79 Å². The number of ether oxygens (including phenoxy) is 1. The Morgan fingerprint density at radius 2 is 1.87 bits per heavy atom. The molecule has 2 aromatic heterocycles. The third-order valence-electron chi connectivity index (χ3n) is 5.26. The van der Waals surface area contributed by atoms with Crippen molar-refractivity contribution in [3.63, 3.8) is 0 Å². The first-order valence-electron chi connectivity index (χ1n) is 10.5. The maximum Gasteiger partial charge on any atom is 0.289 e. The van der Waals surface area contributed by atoms with Gasteiger partial charge in [-0.15, -0.1) is 0 Å². The van der Waals surface area contributed by atoms with Gasteiger partial charge in [0.1, 0.15) is 11.6 Å². The van der Waals surface area contributed by atoms with Crippen molar-refractivity contribution in [2.45, 2.75) is 32.9 Å². The van der Waals surface area contributed by atoms with Gasteiger partial charge < -0.3 is 18.6 Å². The molecule has 2 heterocycles. The standard InChI is InChI=1S/C25H27N3O3/c1-19-11-13-20(14-12-19)30-16-6-5-15-28-22-9-4-3-8-21(22)26-24(28)18-27(2)25(29)23-10-7-17-31-23/h3-4,7-14,17H,5-6,15-16,18H2,1-2H3.